The number of thioether (sulfide) groups is 1. The number of carbonyl (C=O) groups is 1. The molecule has 0 aliphatic carbocycles. The molecule has 4 rings (SSSR count). The van der Waals surface area contributed by atoms with E-state index in [0.717, 1.165) is 28.7 Å². The normalized spacial score (nSPS) is 10.6. The van der Waals surface area contributed by atoms with E-state index in [4.69, 9.17) is 0 Å². The van der Waals surface area contributed by atoms with E-state index in [2.05, 4.69) is 9.97 Å². The Morgan fingerprint density at radius 3 is 1.94 bits per heavy atom. The SMILES string of the molecule is O=C(CSc1nc(O)c(Cc2ccccc2)c(=O)[nH]1)N(c1ccccc1)c1ccccc1. The number of amides is 1. The van der Waals surface area contributed by atoms with Crippen LogP contribution in [0.1, 0.15) is 11.1 Å². The molecule has 1 aromatic heterocycles. The molecule has 0 bridgehead atoms. The van der Waals surface area contributed by atoms with E-state index < -0.39 is 5.56 Å². The lowest BCUT2D eigenvalue weighted by atomic mass is 10.1. The maximum absolute atomic E-state index is 13.1. The molecule has 0 saturated carbocycles. The van der Waals surface area contributed by atoms with Gasteiger partial charge in [-0.25, -0.2) is 0 Å². The van der Waals surface area contributed by atoms with E-state index in [0.29, 0.717) is 0 Å². The minimum atomic E-state index is -0.417. The average molecular weight is 444 g/mol. The number of aromatic nitrogens is 2. The number of para-hydroxylation sites is 2. The highest BCUT2D eigenvalue weighted by Gasteiger charge is 2.19. The van der Waals surface area contributed by atoms with Crippen LogP contribution in [-0.4, -0.2) is 26.7 Å². The summed E-state index contributed by atoms with van der Waals surface area (Å²) in [5, 5.41) is 10.5. The number of anilines is 2. The second-order valence-corrected chi connectivity index (χ2v) is 7.99. The molecule has 0 unspecified atom stereocenters. The highest BCUT2D eigenvalue weighted by atomic mass is 32.2. The van der Waals surface area contributed by atoms with Crippen molar-refractivity contribution in [2.75, 3.05) is 10.7 Å². The number of carbonyl (C=O) groups excluding carboxylic acids is 1. The molecule has 0 radical (unpaired) electrons. The fraction of sp³-hybridized carbons (Fsp3) is 0.0800. The van der Waals surface area contributed by atoms with Crippen molar-refractivity contribution < 1.29 is 9.90 Å². The zero-order valence-corrected chi connectivity index (χ0v) is 18.0. The first-order valence-corrected chi connectivity index (χ1v) is 11.0. The van der Waals surface area contributed by atoms with Gasteiger partial charge in [-0.15, -0.1) is 0 Å². The maximum atomic E-state index is 13.1. The van der Waals surface area contributed by atoms with Crippen molar-refractivity contribution in [2.24, 2.45) is 0 Å². The van der Waals surface area contributed by atoms with Crippen molar-refractivity contribution in [2.45, 2.75) is 11.6 Å². The molecule has 0 aliphatic rings. The summed E-state index contributed by atoms with van der Waals surface area (Å²) in [6.45, 7) is 0. The van der Waals surface area contributed by atoms with Gasteiger partial charge >= 0.3 is 0 Å². The number of benzene rings is 3. The summed E-state index contributed by atoms with van der Waals surface area (Å²) in [7, 11) is 0. The number of hydrogen-bond donors (Lipinski definition) is 2. The van der Waals surface area contributed by atoms with Gasteiger partial charge in [-0.1, -0.05) is 78.5 Å². The van der Waals surface area contributed by atoms with Crippen LogP contribution in [-0.2, 0) is 11.2 Å². The Kier molecular flexibility index (Phi) is 6.67. The van der Waals surface area contributed by atoms with Crippen molar-refractivity contribution >= 4 is 29.0 Å². The first-order chi connectivity index (χ1) is 15.6. The zero-order chi connectivity index (χ0) is 22.3. The average Bonchev–Trinajstić information content (AvgIpc) is 2.82. The Balaban J connectivity index is 1.52. The molecule has 2 N–H and O–H groups in total. The second kappa shape index (κ2) is 9.98. The molecule has 0 fully saturated rings. The number of nitrogens with one attached hydrogen (secondary N) is 1. The molecule has 7 heteroatoms. The summed E-state index contributed by atoms with van der Waals surface area (Å²) in [5.74, 6) is -0.470. The van der Waals surface area contributed by atoms with Gasteiger partial charge in [0.05, 0.1) is 11.3 Å². The first kappa shape index (κ1) is 21.4. The number of aromatic amines is 1. The van der Waals surface area contributed by atoms with E-state index in [9.17, 15) is 14.7 Å². The molecule has 6 nitrogen and oxygen atoms in total. The number of rotatable bonds is 7. The third-order valence-electron chi connectivity index (χ3n) is 4.81. The van der Waals surface area contributed by atoms with Gasteiger partial charge in [-0.05, 0) is 29.8 Å². The van der Waals surface area contributed by atoms with Gasteiger partial charge in [0.1, 0.15) is 0 Å². The fourth-order valence-corrected chi connectivity index (χ4v) is 3.98. The van der Waals surface area contributed by atoms with Gasteiger partial charge in [0.25, 0.3) is 5.56 Å². The number of hydrogen-bond acceptors (Lipinski definition) is 5. The van der Waals surface area contributed by atoms with Crippen molar-refractivity contribution in [3.63, 3.8) is 0 Å². The van der Waals surface area contributed by atoms with E-state index in [1.54, 1.807) is 4.90 Å². The highest BCUT2D eigenvalue weighted by molar-refractivity contribution is 7.99. The lowest BCUT2D eigenvalue weighted by molar-refractivity contribution is -0.115. The topological polar surface area (TPSA) is 86.3 Å². The van der Waals surface area contributed by atoms with Crippen LogP contribution in [0.15, 0.2) is 101 Å². The van der Waals surface area contributed by atoms with Gasteiger partial charge < -0.3 is 10.1 Å². The summed E-state index contributed by atoms with van der Waals surface area (Å²) in [5.41, 5.74) is 2.16. The van der Waals surface area contributed by atoms with Crippen molar-refractivity contribution in [1.29, 1.82) is 0 Å². The first-order valence-electron chi connectivity index (χ1n) is 10.0. The van der Waals surface area contributed by atoms with E-state index in [1.165, 1.54) is 0 Å². The summed E-state index contributed by atoms with van der Waals surface area (Å²) in [6, 6.07) is 28.1. The fourth-order valence-electron chi connectivity index (χ4n) is 3.28. The van der Waals surface area contributed by atoms with Crippen molar-refractivity contribution in [3.05, 3.63) is 112 Å². The largest absolute Gasteiger partial charge is 0.493 e. The van der Waals surface area contributed by atoms with E-state index in [1.807, 2.05) is 91.0 Å². The summed E-state index contributed by atoms with van der Waals surface area (Å²) in [6.07, 6.45) is 0.272. The Morgan fingerprint density at radius 1 is 0.875 bits per heavy atom. The molecular weight excluding hydrogens is 422 g/mol. The molecule has 32 heavy (non-hydrogen) atoms. The molecular formula is C25H21N3O3S. The van der Waals surface area contributed by atoms with Crippen LogP contribution >= 0.6 is 11.8 Å². The van der Waals surface area contributed by atoms with Gasteiger partial charge in [0.2, 0.25) is 11.8 Å². The molecule has 160 valence electrons. The van der Waals surface area contributed by atoms with Crippen LogP contribution in [0.4, 0.5) is 11.4 Å². The minimum absolute atomic E-state index is 0.0319. The van der Waals surface area contributed by atoms with Crippen molar-refractivity contribution in [3.8, 4) is 5.88 Å². The molecule has 0 atom stereocenters. The number of nitrogens with zero attached hydrogens (tertiary/aromatic N) is 2. The van der Waals surface area contributed by atoms with Gasteiger partial charge in [0, 0.05) is 17.8 Å². The third kappa shape index (κ3) is 5.07. The maximum Gasteiger partial charge on any atom is 0.258 e. The summed E-state index contributed by atoms with van der Waals surface area (Å²) in [4.78, 5) is 34.0. The summed E-state index contributed by atoms with van der Waals surface area (Å²) < 4.78 is 0. The van der Waals surface area contributed by atoms with Crippen molar-refractivity contribution in [1.82, 2.24) is 9.97 Å². The van der Waals surface area contributed by atoms with Crippen LogP contribution in [0.2, 0.25) is 0 Å². The minimum Gasteiger partial charge on any atom is -0.493 e. The Bertz CT molecular complexity index is 1210. The lowest BCUT2D eigenvalue weighted by Crippen LogP contribution is -2.27. The number of aromatic hydroxyl groups is 1. The second-order valence-electron chi connectivity index (χ2n) is 7.02. The van der Waals surface area contributed by atoms with Crippen LogP contribution in [0, 0.1) is 0 Å². The zero-order valence-electron chi connectivity index (χ0n) is 17.1. The Labute approximate surface area is 189 Å². The van der Waals surface area contributed by atoms with Gasteiger partial charge in [-0.2, -0.15) is 4.98 Å². The van der Waals surface area contributed by atoms with Crippen LogP contribution in [0.3, 0.4) is 0 Å². The summed E-state index contributed by atoms with van der Waals surface area (Å²) >= 11 is 1.07. The predicted octanol–water partition coefficient (Wildman–Crippen LogP) is 4.52. The molecule has 3 aromatic carbocycles. The van der Waals surface area contributed by atoms with E-state index in [-0.39, 0.29) is 34.7 Å². The van der Waals surface area contributed by atoms with E-state index >= 15 is 0 Å². The molecule has 0 aliphatic heterocycles. The molecule has 1 heterocycles. The molecule has 4 aromatic rings. The van der Waals surface area contributed by atoms with Gasteiger partial charge in [-0.3, -0.25) is 14.5 Å². The Hall–Kier alpha value is -3.84. The lowest BCUT2D eigenvalue weighted by Gasteiger charge is -2.22. The Morgan fingerprint density at radius 2 is 1.41 bits per heavy atom. The predicted molar refractivity (Wildman–Crippen MR) is 127 cm³/mol. The third-order valence-corrected chi connectivity index (χ3v) is 5.66. The molecule has 0 saturated heterocycles. The highest BCUT2D eigenvalue weighted by Crippen LogP contribution is 2.27. The molecule has 0 spiro atoms. The van der Waals surface area contributed by atoms with Crippen LogP contribution in [0.25, 0.3) is 0 Å². The standard InChI is InChI=1S/C25H21N3O3S/c29-22(28(19-12-6-2-7-13-19)20-14-8-3-9-15-20)17-32-25-26-23(30)21(24(31)27-25)16-18-10-4-1-5-11-18/h1-15H,16-17H2,(H2,26,27,30,31). The smallest absolute Gasteiger partial charge is 0.258 e. The quantitative estimate of drug-likeness (QED) is 0.324. The van der Waals surface area contributed by atoms with Crippen LogP contribution < -0.4 is 10.5 Å². The van der Waals surface area contributed by atoms with Gasteiger partial charge in [0.15, 0.2) is 5.16 Å². The monoisotopic (exact) mass is 443 g/mol. The number of H-pyrrole nitrogens is 1. The molecule has 1 amide bonds. The van der Waals surface area contributed by atoms with Crippen LogP contribution in [0.5, 0.6) is 5.88 Å².